The Balaban J connectivity index is 1.57. The Morgan fingerprint density at radius 3 is 1.90 bits per heavy atom. The van der Waals surface area contributed by atoms with Crippen molar-refractivity contribution < 1.29 is 42.4 Å². The minimum Gasteiger partial charge on any atom is -0.456 e. The van der Waals surface area contributed by atoms with E-state index in [4.69, 9.17) is 32.8 Å². The summed E-state index contributed by atoms with van der Waals surface area (Å²) < 4.78 is 45.1. The number of unbranched alkanes of at least 4 members (excludes halogenated alkanes) is 2. The van der Waals surface area contributed by atoms with Crippen molar-refractivity contribution >= 4 is 20.3 Å². The van der Waals surface area contributed by atoms with Gasteiger partial charge in [0.15, 0.2) is 27.0 Å². The molecule has 276 valence electrons. The lowest BCUT2D eigenvalue weighted by Gasteiger charge is -2.47. The van der Waals surface area contributed by atoms with Crippen molar-refractivity contribution in [3.63, 3.8) is 0 Å². The first kappa shape index (κ1) is 39.9. The fourth-order valence-corrected chi connectivity index (χ4v) is 7.29. The minimum absolute atomic E-state index is 0.00121. The van der Waals surface area contributed by atoms with Crippen LogP contribution >= 0.6 is 0 Å². The molecule has 2 heterocycles. The van der Waals surface area contributed by atoms with E-state index < -0.39 is 57.3 Å². The molecule has 0 aromatic heterocycles. The second kappa shape index (κ2) is 18.1. The minimum atomic E-state index is -2.17. The van der Waals surface area contributed by atoms with Crippen molar-refractivity contribution in [2.45, 2.75) is 154 Å². The summed E-state index contributed by atoms with van der Waals surface area (Å²) >= 11 is 0. The van der Waals surface area contributed by atoms with E-state index in [9.17, 15) is 9.59 Å². The van der Waals surface area contributed by atoms with Crippen molar-refractivity contribution in [3.8, 4) is 0 Å². The summed E-state index contributed by atoms with van der Waals surface area (Å²) in [4.78, 5) is 26.4. The van der Waals surface area contributed by atoms with Gasteiger partial charge in [0, 0.05) is 12.8 Å². The monoisotopic (exact) mass is 710 g/mol. The molecule has 50 heavy (non-hydrogen) atoms. The van der Waals surface area contributed by atoms with E-state index in [0.29, 0.717) is 17.5 Å². The molecule has 0 aliphatic carbocycles. The molecule has 2 aliphatic rings. The van der Waals surface area contributed by atoms with Crippen LogP contribution in [-0.2, 0) is 32.8 Å². The molecule has 4 rings (SSSR count). The molecule has 0 spiro atoms. The van der Waals surface area contributed by atoms with Gasteiger partial charge in [-0.2, -0.15) is 0 Å². The number of esters is 2. The highest BCUT2D eigenvalue weighted by Crippen LogP contribution is 2.40. The number of hydrogen-bond donors (Lipinski definition) is 0. The zero-order valence-corrected chi connectivity index (χ0v) is 32.2. The number of benzene rings is 2. The van der Waals surface area contributed by atoms with Gasteiger partial charge in [0.25, 0.3) is 0 Å². The van der Waals surface area contributed by atoms with E-state index in [1.807, 2.05) is 39.0 Å². The highest BCUT2D eigenvalue weighted by atomic mass is 28.4. The molecule has 9 nitrogen and oxygen atoms in total. The van der Waals surface area contributed by atoms with Gasteiger partial charge in [-0.15, -0.1) is 6.58 Å². The van der Waals surface area contributed by atoms with Crippen molar-refractivity contribution in [1.29, 1.82) is 0 Å². The van der Waals surface area contributed by atoms with Crippen LogP contribution in [0.3, 0.4) is 0 Å². The first-order valence-electron chi connectivity index (χ1n) is 18.1. The Morgan fingerprint density at radius 1 is 0.820 bits per heavy atom. The summed E-state index contributed by atoms with van der Waals surface area (Å²) in [5.41, 5.74) is 0.822. The molecule has 0 bridgehead atoms. The van der Waals surface area contributed by atoms with Crippen molar-refractivity contribution in [3.05, 3.63) is 84.4 Å². The maximum absolute atomic E-state index is 13.4. The van der Waals surface area contributed by atoms with Gasteiger partial charge in [-0.25, -0.2) is 9.59 Å². The number of carbonyl (C=O) groups is 2. The first-order valence-corrected chi connectivity index (χ1v) is 21.0. The number of ether oxygens (including phenoxy) is 6. The molecule has 9 atom stereocenters. The number of carbonyl (C=O) groups excluding carboxylic acids is 2. The van der Waals surface area contributed by atoms with E-state index >= 15 is 0 Å². The molecule has 0 saturated carbocycles. The summed E-state index contributed by atoms with van der Waals surface area (Å²) in [5, 5.41) is 0.00121. The van der Waals surface area contributed by atoms with E-state index in [1.54, 1.807) is 48.5 Å². The average Bonchev–Trinajstić information content (AvgIpc) is 3.07. The summed E-state index contributed by atoms with van der Waals surface area (Å²) in [6, 6.07) is 17.6. The molecule has 0 radical (unpaired) electrons. The van der Waals surface area contributed by atoms with Gasteiger partial charge in [-0.1, -0.05) is 69.7 Å². The van der Waals surface area contributed by atoms with Crippen LogP contribution in [0.25, 0.3) is 0 Å². The maximum Gasteiger partial charge on any atom is 0.338 e. The van der Waals surface area contributed by atoms with E-state index in [1.165, 1.54) is 0 Å². The first-order chi connectivity index (χ1) is 23.7. The molecular formula is C40H58O9Si. The lowest BCUT2D eigenvalue weighted by molar-refractivity contribution is -0.335. The highest BCUT2D eigenvalue weighted by molar-refractivity contribution is 6.74. The summed E-state index contributed by atoms with van der Waals surface area (Å²) in [7, 11) is -2.17. The SMILES string of the molecule is C=CCCCC[C@@H](C)O[C@@H]1O[C@@H](C)[C@H](O[Si](C)(C)C(C)(C)C)C[C@H]1O[C@@H]1O[C@@H](C)[C@H](OC(=O)c2ccccc2)C[C@H]1OC(=O)c1ccccc1. The van der Waals surface area contributed by atoms with Crippen molar-refractivity contribution in [2.75, 3.05) is 0 Å². The topological polar surface area (TPSA) is 98.8 Å². The standard InChI is InChI=1S/C40H58O9Si/c1-10-11-12-15-20-27(2)43-38-35(26-33(29(4)45-38)49-50(8,9)40(5,6)7)48-39-34(47-37(42)31-23-18-14-19-24-31)25-32(28(3)44-39)46-36(41)30-21-16-13-17-22-30/h10,13-14,16-19,21-24,27-29,32-35,38-39H,1,11-12,15,20,25-26H2,2-9H3/t27-,28+,29+,32-,33-,34-,35-,38-,39+/m1/s1. The number of allylic oxidation sites excluding steroid dienone is 1. The molecule has 0 N–H and O–H groups in total. The van der Waals surface area contributed by atoms with Crippen LogP contribution < -0.4 is 0 Å². The smallest absolute Gasteiger partial charge is 0.338 e. The van der Waals surface area contributed by atoms with Gasteiger partial charge in [0.1, 0.15) is 12.2 Å². The molecule has 2 aromatic carbocycles. The fourth-order valence-electron chi connectivity index (χ4n) is 5.89. The fraction of sp³-hybridized carbons (Fsp3) is 0.600. The molecule has 10 heteroatoms. The molecule has 2 aromatic rings. The Bertz CT molecular complexity index is 1360. The third-order valence-corrected chi connectivity index (χ3v) is 14.5. The molecule has 2 saturated heterocycles. The van der Waals surface area contributed by atoms with Crippen LogP contribution in [0.15, 0.2) is 73.3 Å². The zero-order chi connectivity index (χ0) is 36.5. The van der Waals surface area contributed by atoms with E-state index in [0.717, 1.165) is 25.7 Å². The average molecular weight is 711 g/mol. The van der Waals surface area contributed by atoms with Crippen molar-refractivity contribution in [2.24, 2.45) is 0 Å². The van der Waals surface area contributed by atoms with Crippen LogP contribution in [0.1, 0.15) is 101 Å². The van der Waals surface area contributed by atoms with Crippen LogP contribution in [0.4, 0.5) is 0 Å². The number of rotatable bonds is 15. The second-order valence-corrected chi connectivity index (χ2v) is 19.9. The van der Waals surface area contributed by atoms with Gasteiger partial charge in [-0.05, 0) is 82.4 Å². The largest absolute Gasteiger partial charge is 0.456 e. The molecule has 2 aliphatic heterocycles. The van der Waals surface area contributed by atoms with E-state index in [-0.39, 0.29) is 29.8 Å². The maximum atomic E-state index is 13.4. The predicted octanol–water partition coefficient (Wildman–Crippen LogP) is 8.63. The Hall–Kier alpha value is -2.86. The van der Waals surface area contributed by atoms with Crippen molar-refractivity contribution in [1.82, 2.24) is 0 Å². The molecule has 0 amide bonds. The van der Waals surface area contributed by atoms with Gasteiger partial charge in [-0.3, -0.25) is 0 Å². The lowest BCUT2D eigenvalue weighted by atomic mass is 10.0. The van der Waals surface area contributed by atoms with Crippen LogP contribution in [0.2, 0.25) is 18.1 Å². The summed E-state index contributed by atoms with van der Waals surface area (Å²) in [6.45, 7) is 20.8. The molecular weight excluding hydrogens is 653 g/mol. The normalized spacial score (nSPS) is 28.0. The second-order valence-electron chi connectivity index (χ2n) is 15.1. The number of hydrogen-bond acceptors (Lipinski definition) is 9. The highest BCUT2D eigenvalue weighted by Gasteiger charge is 2.48. The third-order valence-electron chi connectivity index (χ3n) is 10.0. The summed E-state index contributed by atoms with van der Waals surface area (Å²) in [5.74, 6) is -1.00. The lowest BCUT2D eigenvalue weighted by Crippen LogP contribution is -2.57. The van der Waals surface area contributed by atoms with Crippen LogP contribution in [0.5, 0.6) is 0 Å². The van der Waals surface area contributed by atoms with Crippen LogP contribution in [0, 0.1) is 0 Å². The van der Waals surface area contributed by atoms with E-state index in [2.05, 4.69) is 40.4 Å². The third kappa shape index (κ3) is 11.1. The Kier molecular flexibility index (Phi) is 14.4. The van der Waals surface area contributed by atoms with Gasteiger partial charge < -0.3 is 32.8 Å². The predicted molar refractivity (Wildman–Crippen MR) is 195 cm³/mol. The van der Waals surface area contributed by atoms with Crippen LogP contribution in [-0.4, -0.2) is 75.6 Å². The van der Waals surface area contributed by atoms with Gasteiger partial charge >= 0.3 is 11.9 Å². The van der Waals surface area contributed by atoms with Gasteiger partial charge in [0.05, 0.1) is 35.5 Å². The zero-order valence-electron chi connectivity index (χ0n) is 31.2. The molecule has 2 fully saturated rings. The summed E-state index contributed by atoms with van der Waals surface area (Å²) in [6.07, 6.45) is 1.54. The molecule has 0 unspecified atom stereocenters. The quantitative estimate of drug-likeness (QED) is 0.0779. The van der Waals surface area contributed by atoms with Gasteiger partial charge in [0.2, 0.25) is 0 Å². The Morgan fingerprint density at radius 2 is 1.34 bits per heavy atom. The Labute approximate surface area is 300 Å².